The molecule has 1 fully saturated rings. The zero-order valence-electron chi connectivity index (χ0n) is 17.0. The summed E-state index contributed by atoms with van der Waals surface area (Å²) in [5.74, 6) is -0.395. The molecule has 0 aliphatic heterocycles. The number of hydrogen-bond acceptors (Lipinski definition) is 4. The average Bonchev–Trinajstić information content (AvgIpc) is 3.24. The lowest BCUT2D eigenvalue weighted by atomic mass is 9.77. The van der Waals surface area contributed by atoms with Crippen LogP contribution in [-0.2, 0) is 15.0 Å². The minimum Gasteiger partial charge on any atom is -0.493 e. The molecular weight excluding hydrogens is 370 g/mol. The third kappa shape index (κ3) is 4.06. The standard InChI is InChI=1S/C23H27NO5/c1-15(21(25)26)16-7-6-8-18(13-16)24-22(27)23(11-4-5-12-23)17-9-10-19(28-2)20(14-17)29-3/h6-10,13-15H,4-5,11-12H2,1-3H3,(H,24,27)(H,25,26). The number of methoxy groups -OCH3 is 2. The van der Waals surface area contributed by atoms with Gasteiger partial charge in [0.2, 0.25) is 5.91 Å². The summed E-state index contributed by atoms with van der Waals surface area (Å²) in [7, 11) is 3.17. The van der Waals surface area contributed by atoms with Crippen molar-refractivity contribution in [2.75, 3.05) is 19.5 Å². The fraction of sp³-hybridized carbons (Fsp3) is 0.391. The van der Waals surface area contributed by atoms with Gasteiger partial charge in [0.1, 0.15) is 0 Å². The van der Waals surface area contributed by atoms with E-state index in [1.54, 1.807) is 45.4 Å². The summed E-state index contributed by atoms with van der Waals surface area (Å²) in [6.45, 7) is 1.63. The van der Waals surface area contributed by atoms with E-state index in [1.165, 1.54) is 0 Å². The third-order valence-electron chi connectivity index (χ3n) is 5.84. The average molecular weight is 397 g/mol. The molecule has 1 atom stereocenters. The predicted octanol–water partition coefficient (Wildman–Crippen LogP) is 4.34. The molecule has 6 heteroatoms. The van der Waals surface area contributed by atoms with Gasteiger partial charge in [0.15, 0.2) is 11.5 Å². The minimum atomic E-state index is -0.897. The van der Waals surface area contributed by atoms with Gasteiger partial charge < -0.3 is 19.9 Å². The van der Waals surface area contributed by atoms with Crippen molar-refractivity contribution in [2.24, 2.45) is 0 Å². The van der Waals surface area contributed by atoms with Crippen LogP contribution in [0.2, 0.25) is 0 Å². The monoisotopic (exact) mass is 397 g/mol. The molecular formula is C23H27NO5. The molecule has 0 heterocycles. The number of carboxylic acids is 1. The first-order valence-electron chi connectivity index (χ1n) is 9.78. The SMILES string of the molecule is COc1ccc(C2(C(=O)Nc3cccc(C(C)C(=O)O)c3)CCCC2)cc1OC. The van der Waals surface area contributed by atoms with Crippen molar-refractivity contribution < 1.29 is 24.2 Å². The lowest BCUT2D eigenvalue weighted by molar-refractivity contribution is -0.138. The van der Waals surface area contributed by atoms with Crippen molar-refractivity contribution in [1.82, 2.24) is 0 Å². The number of carboxylic acid groups (broad SMARTS) is 1. The second-order valence-electron chi connectivity index (χ2n) is 7.50. The van der Waals surface area contributed by atoms with Gasteiger partial charge in [-0.3, -0.25) is 9.59 Å². The first kappa shape index (κ1) is 20.7. The molecule has 1 unspecified atom stereocenters. The van der Waals surface area contributed by atoms with Gasteiger partial charge >= 0.3 is 5.97 Å². The normalized spacial score (nSPS) is 16.1. The fourth-order valence-corrected chi connectivity index (χ4v) is 4.04. The first-order chi connectivity index (χ1) is 13.9. The first-order valence-corrected chi connectivity index (χ1v) is 9.78. The Kier molecular flexibility index (Phi) is 6.11. The van der Waals surface area contributed by atoms with E-state index in [4.69, 9.17) is 9.47 Å². The van der Waals surface area contributed by atoms with Crippen LogP contribution >= 0.6 is 0 Å². The lowest BCUT2D eigenvalue weighted by Crippen LogP contribution is -2.38. The Balaban J connectivity index is 1.91. The number of carbonyl (C=O) groups is 2. The van der Waals surface area contributed by atoms with Crippen molar-refractivity contribution in [3.8, 4) is 11.5 Å². The molecule has 1 aliphatic rings. The van der Waals surface area contributed by atoms with Gasteiger partial charge in [-0.2, -0.15) is 0 Å². The molecule has 2 aromatic carbocycles. The molecule has 0 spiro atoms. The van der Waals surface area contributed by atoms with E-state index >= 15 is 0 Å². The maximum atomic E-state index is 13.4. The van der Waals surface area contributed by atoms with Crippen molar-refractivity contribution in [2.45, 2.75) is 43.9 Å². The van der Waals surface area contributed by atoms with E-state index in [-0.39, 0.29) is 5.91 Å². The summed E-state index contributed by atoms with van der Waals surface area (Å²) < 4.78 is 10.8. The number of aliphatic carboxylic acids is 1. The molecule has 0 radical (unpaired) electrons. The van der Waals surface area contributed by atoms with Gasteiger partial charge in [0, 0.05) is 5.69 Å². The number of ether oxygens (including phenoxy) is 2. The van der Waals surface area contributed by atoms with Gasteiger partial charge in [0.25, 0.3) is 0 Å². The van der Waals surface area contributed by atoms with Crippen molar-refractivity contribution >= 4 is 17.6 Å². The number of hydrogen-bond donors (Lipinski definition) is 2. The van der Waals surface area contributed by atoms with Crippen LogP contribution in [-0.4, -0.2) is 31.2 Å². The summed E-state index contributed by atoms with van der Waals surface area (Å²) >= 11 is 0. The Hall–Kier alpha value is -3.02. The van der Waals surface area contributed by atoms with E-state index in [0.29, 0.717) is 22.7 Å². The maximum absolute atomic E-state index is 13.4. The van der Waals surface area contributed by atoms with Gasteiger partial charge in [-0.25, -0.2) is 0 Å². The molecule has 0 saturated heterocycles. The van der Waals surface area contributed by atoms with Crippen LogP contribution in [0.5, 0.6) is 11.5 Å². The highest BCUT2D eigenvalue weighted by Gasteiger charge is 2.43. The molecule has 29 heavy (non-hydrogen) atoms. The van der Waals surface area contributed by atoms with Crippen LogP contribution < -0.4 is 14.8 Å². The van der Waals surface area contributed by atoms with Crippen molar-refractivity contribution in [3.05, 3.63) is 53.6 Å². The number of rotatable bonds is 7. The number of carbonyl (C=O) groups excluding carboxylic acids is 1. The topological polar surface area (TPSA) is 84.9 Å². The molecule has 6 nitrogen and oxygen atoms in total. The molecule has 1 amide bonds. The number of anilines is 1. The zero-order chi connectivity index (χ0) is 21.0. The second-order valence-corrected chi connectivity index (χ2v) is 7.50. The molecule has 154 valence electrons. The van der Waals surface area contributed by atoms with E-state index in [2.05, 4.69) is 5.32 Å². The van der Waals surface area contributed by atoms with Gasteiger partial charge in [-0.15, -0.1) is 0 Å². The molecule has 0 aromatic heterocycles. The number of amides is 1. The molecule has 3 rings (SSSR count). The summed E-state index contributed by atoms with van der Waals surface area (Å²) in [5.41, 5.74) is 1.52. The van der Waals surface area contributed by atoms with Gasteiger partial charge in [-0.1, -0.05) is 31.0 Å². The maximum Gasteiger partial charge on any atom is 0.310 e. The van der Waals surface area contributed by atoms with Crippen LogP contribution in [0.4, 0.5) is 5.69 Å². The molecule has 0 bridgehead atoms. The third-order valence-corrected chi connectivity index (χ3v) is 5.84. The van der Waals surface area contributed by atoms with E-state index < -0.39 is 17.3 Å². The van der Waals surface area contributed by atoms with Crippen LogP contribution in [0, 0.1) is 0 Å². The quantitative estimate of drug-likeness (QED) is 0.726. The summed E-state index contributed by atoms with van der Waals surface area (Å²) in [6.07, 6.45) is 3.44. The minimum absolute atomic E-state index is 0.0812. The summed E-state index contributed by atoms with van der Waals surface area (Å²) in [4.78, 5) is 24.7. The van der Waals surface area contributed by atoms with Crippen molar-refractivity contribution in [3.63, 3.8) is 0 Å². The Morgan fingerprint density at radius 1 is 1.03 bits per heavy atom. The van der Waals surface area contributed by atoms with Crippen LogP contribution in [0.15, 0.2) is 42.5 Å². The highest BCUT2D eigenvalue weighted by Crippen LogP contribution is 2.44. The highest BCUT2D eigenvalue weighted by atomic mass is 16.5. The van der Waals surface area contributed by atoms with Crippen LogP contribution in [0.25, 0.3) is 0 Å². The Morgan fingerprint density at radius 3 is 2.34 bits per heavy atom. The van der Waals surface area contributed by atoms with E-state index in [9.17, 15) is 14.7 Å². The molecule has 1 saturated carbocycles. The molecule has 1 aliphatic carbocycles. The number of benzene rings is 2. The van der Waals surface area contributed by atoms with Crippen LogP contribution in [0.3, 0.4) is 0 Å². The Morgan fingerprint density at radius 2 is 1.72 bits per heavy atom. The fourth-order valence-electron chi connectivity index (χ4n) is 4.04. The highest BCUT2D eigenvalue weighted by molar-refractivity contribution is 5.99. The van der Waals surface area contributed by atoms with Crippen LogP contribution in [0.1, 0.15) is 49.7 Å². The zero-order valence-corrected chi connectivity index (χ0v) is 17.0. The smallest absolute Gasteiger partial charge is 0.310 e. The van der Waals surface area contributed by atoms with Gasteiger partial charge in [-0.05, 0) is 55.2 Å². The molecule has 2 N–H and O–H groups in total. The largest absolute Gasteiger partial charge is 0.493 e. The van der Waals surface area contributed by atoms with E-state index in [1.807, 2.05) is 18.2 Å². The van der Waals surface area contributed by atoms with Crippen molar-refractivity contribution in [1.29, 1.82) is 0 Å². The number of nitrogens with one attached hydrogen (secondary N) is 1. The Labute approximate surface area is 170 Å². The second kappa shape index (κ2) is 8.55. The van der Waals surface area contributed by atoms with E-state index in [0.717, 1.165) is 31.2 Å². The Bertz CT molecular complexity index is 902. The summed E-state index contributed by atoms with van der Waals surface area (Å²) in [6, 6.07) is 12.7. The summed E-state index contributed by atoms with van der Waals surface area (Å²) in [5, 5.41) is 12.3. The van der Waals surface area contributed by atoms with Gasteiger partial charge in [0.05, 0.1) is 25.6 Å². The predicted molar refractivity (Wildman–Crippen MR) is 111 cm³/mol. The lowest BCUT2D eigenvalue weighted by Gasteiger charge is -2.29. The molecule has 2 aromatic rings.